The van der Waals surface area contributed by atoms with Crippen LogP contribution in [0, 0.1) is 10.1 Å². The maximum Gasteiger partial charge on any atom is 0.278 e. The predicted molar refractivity (Wildman–Crippen MR) is 74.7 cm³/mol. The Morgan fingerprint density at radius 1 is 1.42 bits per heavy atom. The van der Waals surface area contributed by atoms with Gasteiger partial charge in [-0.2, -0.15) is 4.98 Å². The van der Waals surface area contributed by atoms with Crippen molar-refractivity contribution < 1.29 is 9.66 Å². The molecule has 19 heavy (non-hydrogen) atoms. The van der Waals surface area contributed by atoms with Gasteiger partial charge in [0.05, 0.1) is 17.1 Å². The normalized spacial score (nSPS) is 11.2. The van der Waals surface area contributed by atoms with E-state index in [9.17, 15) is 10.1 Å². The van der Waals surface area contributed by atoms with Crippen LogP contribution in [0.4, 0.5) is 11.5 Å². The predicted octanol–water partition coefficient (Wildman–Crippen LogP) is 3.38. The molecule has 6 heteroatoms. The molecule has 0 atom stereocenters. The Morgan fingerprint density at radius 3 is 2.63 bits per heavy atom. The molecule has 0 radical (unpaired) electrons. The third kappa shape index (κ3) is 4.73. The summed E-state index contributed by atoms with van der Waals surface area (Å²) in [6.45, 7) is 8.57. The number of hydrogen-bond acceptors (Lipinski definition) is 5. The standard InChI is InChI=1S/C13H21N3O3/c1-5-7-14-11-8-10(16(17)18)9-12(15-11)19-13(3,4)6-2/h8-9H,5-7H2,1-4H3,(H,14,15). The molecule has 1 N–H and O–H groups in total. The van der Waals surface area contributed by atoms with E-state index in [4.69, 9.17) is 4.74 Å². The van der Waals surface area contributed by atoms with Gasteiger partial charge in [-0.1, -0.05) is 13.8 Å². The molecular formula is C13H21N3O3. The molecule has 0 aliphatic carbocycles. The molecule has 0 saturated heterocycles. The second kappa shape index (κ2) is 6.36. The van der Waals surface area contributed by atoms with Crippen LogP contribution >= 0.6 is 0 Å². The van der Waals surface area contributed by atoms with Crippen molar-refractivity contribution in [1.82, 2.24) is 4.98 Å². The fraction of sp³-hybridized carbons (Fsp3) is 0.615. The lowest BCUT2D eigenvalue weighted by molar-refractivity contribution is -0.385. The molecule has 1 aromatic rings. The van der Waals surface area contributed by atoms with Gasteiger partial charge in [0.15, 0.2) is 0 Å². The Morgan fingerprint density at radius 2 is 2.11 bits per heavy atom. The summed E-state index contributed by atoms with van der Waals surface area (Å²) in [5.41, 5.74) is -0.417. The summed E-state index contributed by atoms with van der Waals surface area (Å²) in [7, 11) is 0. The number of ether oxygens (including phenoxy) is 1. The third-order valence-corrected chi connectivity index (χ3v) is 2.79. The van der Waals surface area contributed by atoms with Crippen LogP contribution in [0.1, 0.15) is 40.5 Å². The van der Waals surface area contributed by atoms with Crippen molar-refractivity contribution in [2.24, 2.45) is 0 Å². The number of pyridine rings is 1. The highest BCUT2D eigenvalue weighted by Crippen LogP contribution is 2.26. The molecule has 106 valence electrons. The summed E-state index contributed by atoms with van der Waals surface area (Å²) in [6, 6.07) is 2.77. The van der Waals surface area contributed by atoms with E-state index in [1.165, 1.54) is 12.1 Å². The van der Waals surface area contributed by atoms with Crippen LogP contribution in [0.2, 0.25) is 0 Å². The van der Waals surface area contributed by atoms with E-state index >= 15 is 0 Å². The van der Waals surface area contributed by atoms with Crippen LogP contribution < -0.4 is 10.1 Å². The van der Waals surface area contributed by atoms with Crippen molar-refractivity contribution in [2.45, 2.75) is 46.1 Å². The molecular weight excluding hydrogens is 246 g/mol. The average Bonchev–Trinajstić information content (AvgIpc) is 2.35. The van der Waals surface area contributed by atoms with Gasteiger partial charge in [0.1, 0.15) is 11.4 Å². The largest absolute Gasteiger partial charge is 0.471 e. The minimum Gasteiger partial charge on any atom is -0.471 e. The number of aromatic nitrogens is 1. The molecule has 0 unspecified atom stereocenters. The zero-order valence-electron chi connectivity index (χ0n) is 11.9. The van der Waals surface area contributed by atoms with Gasteiger partial charge in [-0.15, -0.1) is 0 Å². The first-order valence-electron chi connectivity index (χ1n) is 6.47. The van der Waals surface area contributed by atoms with Crippen LogP contribution in [-0.2, 0) is 0 Å². The van der Waals surface area contributed by atoms with Gasteiger partial charge in [0.2, 0.25) is 5.88 Å². The molecule has 0 fully saturated rings. The van der Waals surface area contributed by atoms with Crippen molar-refractivity contribution in [1.29, 1.82) is 0 Å². The van der Waals surface area contributed by atoms with Crippen LogP contribution in [-0.4, -0.2) is 22.1 Å². The van der Waals surface area contributed by atoms with Gasteiger partial charge >= 0.3 is 0 Å². The molecule has 0 amide bonds. The molecule has 0 aromatic carbocycles. The maximum absolute atomic E-state index is 10.9. The lowest BCUT2D eigenvalue weighted by Crippen LogP contribution is -2.27. The van der Waals surface area contributed by atoms with Crippen LogP contribution in [0.3, 0.4) is 0 Å². The van der Waals surface area contributed by atoms with Gasteiger partial charge in [-0.05, 0) is 26.7 Å². The Labute approximate surface area is 113 Å². The first-order chi connectivity index (χ1) is 8.88. The number of nitrogens with zero attached hydrogens (tertiary/aromatic N) is 2. The molecule has 1 rings (SSSR count). The number of nitrogens with one attached hydrogen (secondary N) is 1. The maximum atomic E-state index is 10.9. The first kappa shape index (κ1) is 15.2. The zero-order chi connectivity index (χ0) is 14.5. The van der Waals surface area contributed by atoms with Gasteiger partial charge in [-0.25, -0.2) is 0 Å². The van der Waals surface area contributed by atoms with Crippen molar-refractivity contribution in [3.63, 3.8) is 0 Å². The Bertz CT molecular complexity index is 447. The number of nitro groups is 1. The summed E-state index contributed by atoms with van der Waals surface area (Å²) in [4.78, 5) is 14.7. The SMILES string of the molecule is CCCNc1cc([N+](=O)[O-])cc(OC(C)(C)CC)n1. The molecule has 1 heterocycles. The minimum absolute atomic E-state index is 0.0180. The van der Waals surface area contributed by atoms with Gasteiger partial charge < -0.3 is 10.1 Å². The average molecular weight is 267 g/mol. The highest BCUT2D eigenvalue weighted by atomic mass is 16.6. The summed E-state index contributed by atoms with van der Waals surface area (Å²) in [6.07, 6.45) is 1.70. The first-order valence-corrected chi connectivity index (χ1v) is 6.47. The van der Waals surface area contributed by atoms with Crippen molar-refractivity contribution >= 4 is 11.5 Å². The Hall–Kier alpha value is -1.85. The molecule has 0 aliphatic heterocycles. The van der Waals surface area contributed by atoms with E-state index in [-0.39, 0.29) is 11.6 Å². The van der Waals surface area contributed by atoms with Crippen LogP contribution in [0.15, 0.2) is 12.1 Å². The molecule has 6 nitrogen and oxygen atoms in total. The second-order valence-corrected chi connectivity index (χ2v) is 4.95. The second-order valence-electron chi connectivity index (χ2n) is 4.95. The van der Waals surface area contributed by atoms with Gasteiger partial charge in [0, 0.05) is 6.54 Å². The summed E-state index contributed by atoms with van der Waals surface area (Å²) in [5.74, 6) is 0.748. The summed E-state index contributed by atoms with van der Waals surface area (Å²) < 4.78 is 5.71. The van der Waals surface area contributed by atoms with E-state index in [0.29, 0.717) is 12.4 Å². The smallest absolute Gasteiger partial charge is 0.278 e. The lowest BCUT2D eigenvalue weighted by Gasteiger charge is -2.24. The molecule has 0 bridgehead atoms. The number of anilines is 1. The molecule has 0 saturated carbocycles. The van der Waals surface area contributed by atoms with Crippen molar-refractivity contribution in [2.75, 3.05) is 11.9 Å². The Kier molecular flexibility index (Phi) is 5.09. The van der Waals surface area contributed by atoms with E-state index in [1.54, 1.807) is 0 Å². The fourth-order valence-electron chi connectivity index (χ4n) is 1.35. The topological polar surface area (TPSA) is 77.3 Å². The van der Waals surface area contributed by atoms with E-state index in [2.05, 4.69) is 10.3 Å². The van der Waals surface area contributed by atoms with E-state index < -0.39 is 10.5 Å². The van der Waals surface area contributed by atoms with Crippen LogP contribution in [0.5, 0.6) is 5.88 Å². The number of rotatable bonds is 7. The van der Waals surface area contributed by atoms with E-state index in [0.717, 1.165) is 12.8 Å². The fourth-order valence-corrected chi connectivity index (χ4v) is 1.35. The van der Waals surface area contributed by atoms with Gasteiger partial charge in [0.25, 0.3) is 5.69 Å². The molecule has 0 aliphatic rings. The third-order valence-electron chi connectivity index (χ3n) is 2.79. The van der Waals surface area contributed by atoms with Gasteiger partial charge in [-0.3, -0.25) is 10.1 Å². The number of hydrogen-bond donors (Lipinski definition) is 1. The summed E-state index contributed by atoms with van der Waals surface area (Å²) in [5, 5.41) is 13.9. The molecule has 1 aromatic heterocycles. The van der Waals surface area contributed by atoms with Crippen LogP contribution in [0.25, 0.3) is 0 Å². The summed E-state index contributed by atoms with van der Waals surface area (Å²) >= 11 is 0. The lowest BCUT2D eigenvalue weighted by atomic mass is 10.1. The van der Waals surface area contributed by atoms with Crippen molar-refractivity contribution in [3.05, 3.63) is 22.2 Å². The van der Waals surface area contributed by atoms with E-state index in [1.807, 2.05) is 27.7 Å². The van der Waals surface area contributed by atoms with Crippen molar-refractivity contribution in [3.8, 4) is 5.88 Å². The molecule has 0 spiro atoms. The quantitative estimate of drug-likeness (QED) is 0.605. The minimum atomic E-state index is -0.440. The highest BCUT2D eigenvalue weighted by Gasteiger charge is 2.20. The monoisotopic (exact) mass is 267 g/mol. The Balaban J connectivity index is 3.02. The zero-order valence-corrected chi connectivity index (χ0v) is 11.9. The highest BCUT2D eigenvalue weighted by molar-refractivity contribution is 5.48.